The molecular weight excluding hydrogens is 426 g/mol. The topological polar surface area (TPSA) is 156 Å². The third-order valence-corrected chi connectivity index (χ3v) is 4.67. The Morgan fingerprint density at radius 3 is 2.45 bits per heavy atom. The minimum absolute atomic E-state index is 0.00969. The average Bonchev–Trinajstić information content (AvgIpc) is 2.80. The second-order valence-corrected chi connectivity index (χ2v) is 7.00. The number of nitrogens with one attached hydrogen (secondary N) is 4. The molecule has 0 fully saturated rings. The number of anilines is 1. The molecule has 2 aromatic carbocycles. The van der Waals surface area contributed by atoms with Gasteiger partial charge in [-0.1, -0.05) is 12.1 Å². The van der Waals surface area contributed by atoms with E-state index >= 15 is 0 Å². The van der Waals surface area contributed by atoms with Gasteiger partial charge < -0.3 is 31.2 Å². The summed E-state index contributed by atoms with van der Waals surface area (Å²) in [4.78, 5) is 36.7. The first kappa shape index (κ1) is 25.2. The van der Waals surface area contributed by atoms with Crippen LogP contribution in [0.15, 0.2) is 48.5 Å². The van der Waals surface area contributed by atoms with Crippen molar-refractivity contribution in [3.05, 3.63) is 59.7 Å². The summed E-state index contributed by atoms with van der Waals surface area (Å²) in [6.07, 6.45) is 0.0502. The third kappa shape index (κ3) is 8.17. The Bertz CT molecular complexity index is 977. The highest BCUT2D eigenvalue weighted by atomic mass is 16.5. The molecule has 0 saturated carbocycles. The van der Waals surface area contributed by atoms with Gasteiger partial charge in [0.2, 0.25) is 5.91 Å². The summed E-state index contributed by atoms with van der Waals surface area (Å²) in [7, 11) is 1.52. The van der Waals surface area contributed by atoms with Gasteiger partial charge >= 0.3 is 12.0 Å². The number of carbonyl (C=O) groups is 3. The number of benzene rings is 2. The van der Waals surface area contributed by atoms with Gasteiger partial charge in [-0.05, 0) is 48.9 Å². The zero-order valence-electron chi connectivity index (χ0n) is 18.6. The van der Waals surface area contributed by atoms with Crippen molar-refractivity contribution in [1.29, 1.82) is 5.41 Å². The van der Waals surface area contributed by atoms with Gasteiger partial charge in [0.15, 0.2) is 0 Å². The smallest absolute Gasteiger partial charge is 0.319 e. The summed E-state index contributed by atoms with van der Waals surface area (Å²) in [5, 5.41) is 15.5. The molecule has 0 bridgehead atoms. The molecule has 10 heteroatoms. The van der Waals surface area contributed by atoms with Crippen LogP contribution in [0.4, 0.5) is 10.5 Å². The Morgan fingerprint density at radius 1 is 1.09 bits per heavy atom. The number of amides is 3. The molecule has 0 radical (unpaired) electrons. The molecule has 33 heavy (non-hydrogen) atoms. The minimum Gasteiger partial charge on any atom is -0.497 e. The van der Waals surface area contributed by atoms with Gasteiger partial charge in [0.1, 0.15) is 11.6 Å². The molecule has 2 rings (SSSR count). The molecule has 0 aliphatic carbocycles. The van der Waals surface area contributed by atoms with E-state index < -0.39 is 17.9 Å². The van der Waals surface area contributed by atoms with Crippen LogP contribution in [-0.4, -0.2) is 50.5 Å². The van der Waals surface area contributed by atoms with Crippen molar-refractivity contribution in [2.24, 2.45) is 5.73 Å². The molecule has 3 amide bonds. The fourth-order valence-corrected chi connectivity index (χ4v) is 2.97. The lowest BCUT2D eigenvalue weighted by Crippen LogP contribution is -2.39. The number of nitrogen functional groups attached to an aromatic ring is 1. The van der Waals surface area contributed by atoms with Crippen molar-refractivity contribution in [2.45, 2.75) is 19.3 Å². The van der Waals surface area contributed by atoms with Crippen molar-refractivity contribution in [3.8, 4) is 5.75 Å². The predicted octanol–water partition coefficient (Wildman–Crippen LogP) is 1.95. The van der Waals surface area contributed by atoms with Crippen LogP contribution >= 0.6 is 0 Å². The van der Waals surface area contributed by atoms with Crippen LogP contribution in [0.25, 0.3) is 0 Å². The SMILES string of the molecule is CCOC(=O)CCNC(=O)C(CNC(=O)Nc1ccc(C(=N)N)cc1)c1cccc(OC)c1. The lowest BCUT2D eigenvalue weighted by Gasteiger charge is -2.19. The molecule has 6 N–H and O–H groups in total. The number of nitrogens with two attached hydrogens (primary N) is 1. The minimum atomic E-state index is -0.715. The highest BCUT2D eigenvalue weighted by Crippen LogP contribution is 2.21. The standard InChI is InChI=1S/C23H29N5O5/c1-3-33-20(29)11-12-26-22(30)19(16-5-4-6-18(13-16)32-2)14-27-23(31)28-17-9-7-15(8-10-17)21(24)25/h4-10,13,19H,3,11-12,14H2,1-2H3,(H3,24,25)(H,26,30)(H2,27,28,31). The summed E-state index contributed by atoms with van der Waals surface area (Å²) in [6.45, 7) is 2.11. The predicted molar refractivity (Wildman–Crippen MR) is 124 cm³/mol. The van der Waals surface area contributed by atoms with Gasteiger partial charge in [0.05, 0.1) is 26.1 Å². The third-order valence-electron chi connectivity index (χ3n) is 4.67. The van der Waals surface area contributed by atoms with Crippen LogP contribution in [0.1, 0.15) is 30.4 Å². The molecular formula is C23H29N5O5. The van der Waals surface area contributed by atoms with E-state index in [-0.39, 0.29) is 37.9 Å². The highest BCUT2D eigenvalue weighted by Gasteiger charge is 2.22. The van der Waals surface area contributed by atoms with Crippen LogP contribution < -0.4 is 26.4 Å². The van der Waals surface area contributed by atoms with Crippen molar-refractivity contribution < 1.29 is 23.9 Å². The first-order valence-electron chi connectivity index (χ1n) is 10.4. The summed E-state index contributed by atoms with van der Waals surface area (Å²) in [5.74, 6) is -0.955. The van der Waals surface area contributed by atoms with Gasteiger partial charge in [0, 0.05) is 24.3 Å². The van der Waals surface area contributed by atoms with E-state index in [4.69, 9.17) is 20.6 Å². The van der Waals surface area contributed by atoms with E-state index in [2.05, 4.69) is 16.0 Å². The van der Waals surface area contributed by atoms with Gasteiger partial charge in [-0.15, -0.1) is 0 Å². The molecule has 2 aromatic rings. The molecule has 0 aliphatic rings. The maximum absolute atomic E-state index is 12.8. The van der Waals surface area contributed by atoms with Crippen molar-refractivity contribution in [2.75, 3.05) is 32.1 Å². The number of hydrogen-bond acceptors (Lipinski definition) is 6. The molecule has 1 unspecified atom stereocenters. The van der Waals surface area contributed by atoms with E-state index in [0.717, 1.165) is 0 Å². The lowest BCUT2D eigenvalue weighted by atomic mass is 9.97. The molecule has 0 aromatic heterocycles. The normalized spacial score (nSPS) is 11.1. The number of carbonyl (C=O) groups excluding carboxylic acids is 3. The van der Waals surface area contributed by atoms with E-state index in [9.17, 15) is 14.4 Å². The number of urea groups is 1. The zero-order chi connectivity index (χ0) is 24.2. The Kier molecular flexibility index (Phi) is 9.69. The fraction of sp³-hybridized carbons (Fsp3) is 0.304. The Labute approximate surface area is 192 Å². The molecule has 10 nitrogen and oxygen atoms in total. The number of ether oxygens (including phenoxy) is 2. The molecule has 176 valence electrons. The largest absolute Gasteiger partial charge is 0.497 e. The summed E-state index contributed by atoms with van der Waals surface area (Å²) < 4.78 is 10.1. The molecule has 1 atom stereocenters. The van der Waals surface area contributed by atoms with Crippen LogP contribution in [0.2, 0.25) is 0 Å². The van der Waals surface area contributed by atoms with Crippen LogP contribution in [-0.2, 0) is 14.3 Å². The van der Waals surface area contributed by atoms with E-state index in [1.165, 1.54) is 7.11 Å². The Morgan fingerprint density at radius 2 is 1.82 bits per heavy atom. The molecule has 0 heterocycles. The van der Waals surface area contributed by atoms with Gasteiger partial charge in [-0.2, -0.15) is 0 Å². The second kappa shape index (κ2) is 12.7. The second-order valence-electron chi connectivity index (χ2n) is 7.00. The van der Waals surface area contributed by atoms with Crippen molar-refractivity contribution in [1.82, 2.24) is 10.6 Å². The van der Waals surface area contributed by atoms with E-state index in [1.54, 1.807) is 55.5 Å². The molecule has 0 aliphatic heterocycles. The quantitative estimate of drug-likeness (QED) is 0.198. The number of amidine groups is 1. The maximum Gasteiger partial charge on any atom is 0.319 e. The first-order chi connectivity index (χ1) is 15.8. The average molecular weight is 456 g/mol. The fourth-order valence-electron chi connectivity index (χ4n) is 2.97. The lowest BCUT2D eigenvalue weighted by molar-refractivity contribution is -0.143. The summed E-state index contributed by atoms with van der Waals surface area (Å²) in [6, 6.07) is 13.0. The molecule has 0 spiro atoms. The summed E-state index contributed by atoms with van der Waals surface area (Å²) >= 11 is 0. The zero-order valence-corrected chi connectivity index (χ0v) is 18.6. The highest BCUT2D eigenvalue weighted by molar-refractivity contribution is 5.96. The van der Waals surface area contributed by atoms with Crippen LogP contribution in [0.5, 0.6) is 5.75 Å². The van der Waals surface area contributed by atoms with Crippen molar-refractivity contribution in [3.63, 3.8) is 0 Å². The van der Waals surface area contributed by atoms with Crippen LogP contribution in [0, 0.1) is 5.41 Å². The van der Waals surface area contributed by atoms with Crippen LogP contribution in [0.3, 0.4) is 0 Å². The first-order valence-corrected chi connectivity index (χ1v) is 10.4. The van der Waals surface area contributed by atoms with E-state index in [0.29, 0.717) is 22.6 Å². The Hall–Kier alpha value is -4.08. The molecule has 0 saturated heterocycles. The maximum atomic E-state index is 12.8. The van der Waals surface area contributed by atoms with E-state index in [1.807, 2.05) is 0 Å². The number of esters is 1. The van der Waals surface area contributed by atoms with Gasteiger partial charge in [-0.25, -0.2) is 4.79 Å². The summed E-state index contributed by atoms with van der Waals surface area (Å²) in [5.41, 5.74) is 7.12. The number of methoxy groups -OCH3 is 1. The Balaban J connectivity index is 2.03. The number of rotatable bonds is 11. The number of hydrogen-bond donors (Lipinski definition) is 5. The van der Waals surface area contributed by atoms with Gasteiger partial charge in [-0.3, -0.25) is 15.0 Å². The van der Waals surface area contributed by atoms with Gasteiger partial charge in [0.25, 0.3) is 0 Å². The van der Waals surface area contributed by atoms with Crippen molar-refractivity contribution >= 4 is 29.4 Å². The monoisotopic (exact) mass is 455 g/mol.